The van der Waals surface area contributed by atoms with Crippen LogP contribution in [-0.2, 0) is 11.3 Å². The first-order valence-electron chi connectivity index (χ1n) is 8.65. The second-order valence-corrected chi connectivity index (χ2v) is 6.10. The van der Waals surface area contributed by atoms with E-state index in [0.29, 0.717) is 29.8 Å². The van der Waals surface area contributed by atoms with Crippen LogP contribution in [0.15, 0.2) is 24.3 Å². The minimum absolute atomic E-state index is 0.260. The first-order valence-corrected chi connectivity index (χ1v) is 8.65. The van der Waals surface area contributed by atoms with Crippen molar-refractivity contribution in [2.75, 3.05) is 13.7 Å². The van der Waals surface area contributed by atoms with Gasteiger partial charge in [0, 0.05) is 22.8 Å². The van der Waals surface area contributed by atoms with E-state index in [-0.39, 0.29) is 6.61 Å². The Labute approximate surface area is 157 Å². The molecule has 0 aliphatic carbocycles. The summed E-state index contributed by atoms with van der Waals surface area (Å²) in [4.78, 5) is 12.4. The number of rotatable bonds is 5. The maximum absolute atomic E-state index is 12.4. The van der Waals surface area contributed by atoms with E-state index in [4.69, 9.17) is 14.7 Å². The number of nitriles is 2. The zero-order valence-electron chi connectivity index (χ0n) is 15.5. The van der Waals surface area contributed by atoms with Crippen LogP contribution < -0.4 is 4.74 Å². The van der Waals surface area contributed by atoms with Gasteiger partial charge >= 0.3 is 5.97 Å². The average molecular weight is 361 g/mol. The molecular weight excluding hydrogens is 342 g/mol. The van der Waals surface area contributed by atoms with Gasteiger partial charge in [0.1, 0.15) is 11.8 Å². The molecule has 1 heterocycles. The number of carbonyl (C=O) groups excluding carboxylic acids is 1. The maximum Gasteiger partial charge on any atom is 0.338 e. The Balaban J connectivity index is 2.48. The van der Waals surface area contributed by atoms with E-state index in [1.807, 2.05) is 29.7 Å². The molecule has 0 unspecified atom stereocenters. The number of fused-ring (bicyclic) bond motifs is 3. The lowest BCUT2D eigenvalue weighted by molar-refractivity contribution is 0.0525. The van der Waals surface area contributed by atoms with Gasteiger partial charge in [-0.1, -0.05) is 0 Å². The van der Waals surface area contributed by atoms with E-state index < -0.39 is 5.97 Å². The molecule has 6 heteroatoms. The molecule has 27 heavy (non-hydrogen) atoms. The van der Waals surface area contributed by atoms with Crippen LogP contribution in [0.5, 0.6) is 5.75 Å². The van der Waals surface area contributed by atoms with Crippen LogP contribution >= 0.6 is 0 Å². The highest BCUT2D eigenvalue weighted by molar-refractivity contribution is 6.14. The van der Waals surface area contributed by atoms with Crippen LogP contribution in [0.25, 0.3) is 21.8 Å². The first kappa shape index (κ1) is 18.3. The van der Waals surface area contributed by atoms with Gasteiger partial charge in [0.05, 0.1) is 42.9 Å². The van der Waals surface area contributed by atoms with Crippen LogP contribution in [0.4, 0.5) is 0 Å². The molecule has 1 aromatic heterocycles. The van der Waals surface area contributed by atoms with E-state index in [2.05, 4.69) is 12.1 Å². The number of aryl methyl sites for hydroxylation is 2. The fourth-order valence-corrected chi connectivity index (χ4v) is 3.48. The van der Waals surface area contributed by atoms with Crippen LogP contribution in [-0.4, -0.2) is 24.3 Å². The Bertz CT molecular complexity index is 1130. The van der Waals surface area contributed by atoms with Crippen LogP contribution in [0, 0.1) is 29.6 Å². The number of hydrogen-bond donors (Lipinski definition) is 0. The van der Waals surface area contributed by atoms with Crippen LogP contribution in [0.1, 0.15) is 34.8 Å². The molecule has 0 saturated carbocycles. The van der Waals surface area contributed by atoms with E-state index in [1.54, 1.807) is 20.1 Å². The SMILES string of the molecule is CCOC(=O)c1cc(C#N)c2c(c1C)c1cc(OC)ccc1n2CCC#N. The molecule has 3 aromatic rings. The van der Waals surface area contributed by atoms with Crippen molar-refractivity contribution < 1.29 is 14.3 Å². The van der Waals surface area contributed by atoms with Gasteiger partial charge in [-0.15, -0.1) is 0 Å². The normalized spacial score (nSPS) is 10.6. The minimum atomic E-state index is -0.450. The van der Waals surface area contributed by atoms with Crippen molar-refractivity contribution in [1.82, 2.24) is 4.57 Å². The third-order valence-corrected chi connectivity index (χ3v) is 4.66. The lowest BCUT2D eigenvalue weighted by atomic mass is 9.98. The van der Waals surface area contributed by atoms with E-state index in [0.717, 1.165) is 27.4 Å². The predicted molar refractivity (Wildman–Crippen MR) is 102 cm³/mol. The lowest BCUT2D eigenvalue weighted by Crippen LogP contribution is -2.08. The predicted octanol–water partition coefficient (Wildman–Crippen LogP) is 4.07. The van der Waals surface area contributed by atoms with Gasteiger partial charge < -0.3 is 14.0 Å². The van der Waals surface area contributed by atoms with E-state index >= 15 is 0 Å². The molecule has 0 N–H and O–H groups in total. The molecule has 0 radical (unpaired) electrons. The largest absolute Gasteiger partial charge is 0.497 e. The summed E-state index contributed by atoms with van der Waals surface area (Å²) in [6.45, 7) is 4.31. The smallest absolute Gasteiger partial charge is 0.338 e. The number of aromatic nitrogens is 1. The zero-order chi connectivity index (χ0) is 19.6. The quantitative estimate of drug-likeness (QED) is 0.639. The number of hydrogen-bond acceptors (Lipinski definition) is 5. The molecular formula is C21H19N3O3. The molecule has 0 amide bonds. The van der Waals surface area contributed by atoms with Gasteiger partial charge in [-0.05, 0) is 43.7 Å². The van der Waals surface area contributed by atoms with Crippen molar-refractivity contribution in [3.8, 4) is 17.9 Å². The fraction of sp³-hybridized carbons (Fsp3) is 0.286. The molecule has 0 atom stereocenters. The van der Waals surface area contributed by atoms with Gasteiger partial charge in [-0.2, -0.15) is 10.5 Å². The van der Waals surface area contributed by atoms with Crippen molar-refractivity contribution in [2.45, 2.75) is 26.8 Å². The third-order valence-electron chi connectivity index (χ3n) is 4.66. The molecule has 0 aliphatic heterocycles. The third kappa shape index (κ3) is 2.96. The van der Waals surface area contributed by atoms with Crippen molar-refractivity contribution in [3.05, 3.63) is 41.0 Å². The van der Waals surface area contributed by atoms with Gasteiger partial charge in [-0.3, -0.25) is 0 Å². The summed E-state index contributed by atoms with van der Waals surface area (Å²) in [7, 11) is 1.59. The van der Waals surface area contributed by atoms with Gasteiger partial charge in [-0.25, -0.2) is 4.79 Å². The van der Waals surface area contributed by atoms with E-state index in [1.165, 1.54) is 0 Å². The number of esters is 1. The lowest BCUT2D eigenvalue weighted by Gasteiger charge is -2.10. The van der Waals surface area contributed by atoms with Gasteiger partial charge in [0.2, 0.25) is 0 Å². The average Bonchev–Trinajstić information content (AvgIpc) is 3.00. The summed E-state index contributed by atoms with van der Waals surface area (Å²) in [5.41, 5.74) is 3.12. The Morgan fingerprint density at radius 2 is 2.04 bits per heavy atom. The molecule has 3 rings (SSSR count). The molecule has 2 aromatic carbocycles. The highest BCUT2D eigenvalue weighted by atomic mass is 16.5. The molecule has 0 bridgehead atoms. The van der Waals surface area contributed by atoms with Crippen molar-refractivity contribution >= 4 is 27.8 Å². The van der Waals surface area contributed by atoms with Gasteiger partial charge in [0.25, 0.3) is 0 Å². The number of nitrogens with zero attached hydrogens (tertiary/aromatic N) is 3. The van der Waals surface area contributed by atoms with E-state index in [9.17, 15) is 10.1 Å². The summed E-state index contributed by atoms with van der Waals surface area (Å²) >= 11 is 0. The molecule has 0 aliphatic rings. The monoisotopic (exact) mass is 361 g/mol. The molecule has 6 nitrogen and oxygen atoms in total. The fourth-order valence-electron chi connectivity index (χ4n) is 3.48. The molecule has 136 valence electrons. The highest BCUT2D eigenvalue weighted by Crippen LogP contribution is 2.37. The zero-order valence-corrected chi connectivity index (χ0v) is 15.5. The van der Waals surface area contributed by atoms with Crippen molar-refractivity contribution in [3.63, 3.8) is 0 Å². The van der Waals surface area contributed by atoms with Crippen LogP contribution in [0.3, 0.4) is 0 Å². The second-order valence-electron chi connectivity index (χ2n) is 6.10. The topological polar surface area (TPSA) is 88.0 Å². The van der Waals surface area contributed by atoms with Crippen molar-refractivity contribution in [1.29, 1.82) is 10.5 Å². The number of carbonyl (C=O) groups is 1. The Morgan fingerprint density at radius 3 is 2.67 bits per heavy atom. The molecule has 0 spiro atoms. The number of methoxy groups -OCH3 is 1. The first-order chi connectivity index (χ1) is 13.1. The molecule has 0 fully saturated rings. The summed E-state index contributed by atoms with van der Waals surface area (Å²) in [5, 5.41) is 20.5. The summed E-state index contributed by atoms with van der Waals surface area (Å²) in [6.07, 6.45) is 0.314. The Morgan fingerprint density at radius 1 is 1.26 bits per heavy atom. The van der Waals surface area contributed by atoms with Crippen molar-refractivity contribution in [2.24, 2.45) is 0 Å². The summed E-state index contributed by atoms with van der Waals surface area (Å²) < 4.78 is 12.5. The highest BCUT2D eigenvalue weighted by Gasteiger charge is 2.22. The summed E-state index contributed by atoms with van der Waals surface area (Å²) in [6, 6.07) is 11.6. The summed E-state index contributed by atoms with van der Waals surface area (Å²) in [5.74, 6) is 0.232. The number of ether oxygens (including phenoxy) is 2. The van der Waals surface area contributed by atoms with Gasteiger partial charge in [0.15, 0.2) is 0 Å². The standard InChI is InChI=1S/C21H19N3O3/c1-4-27-21(25)16-10-14(12-23)20-19(13(16)2)17-11-15(26-3)6-7-18(17)24(20)9-5-8-22/h6-7,10-11H,4-5,9H2,1-3H3. The van der Waals surface area contributed by atoms with Crippen LogP contribution in [0.2, 0.25) is 0 Å². The Kier molecular flexibility index (Phi) is 5.00. The minimum Gasteiger partial charge on any atom is -0.497 e. The molecule has 0 saturated heterocycles. The number of benzene rings is 2. The second kappa shape index (κ2) is 7.39. The maximum atomic E-state index is 12.4. The Hall–Kier alpha value is -3.51.